The lowest BCUT2D eigenvalue weighted by atomic mass is 10.0. The van der Waals surface area contributed by atoms with Gasteiger partial charge in [-0.25, -0.2) is 15.0 Å². The molecule has 0 bridgehead atoms. The van der Waals surface area contributed by atoms with Crippen LogP contribution in [-0.2, 0) is 19.8 Å². The first kappa shape index (κ1) is 23.9. The molecule has 8 nitrogen and oxygen atoms in total. The maximum absolute atomic E-state index is 13.7. The Balaban J connectivity index is 1.50. The molecule has 0 aliphatic rings. The predicted octanol–water partition coefficient (Wildman–Crippen LogP) is 5.06. The Kier molecular flexibility index (Phi) is 6.26. The lowest BCUT2D eigenvalue weighted by Crippen LogP contribution is -2.16. The van der Waals surface area contributed by atoms with Gasteiger partial charge in [0.05, 0.1) is 41.7 Å². The standard InChI is InChI=1S/C26H20F3N7O/c1-35-11-9-21(34-35)19-13-18(7-8-20(19)26(27,28)29)25(37)32-22-14-31-23(15-36-12-10-30-16-36)33-24(22)17-5-3-2-4-6-17/h2-14,16H,15H2,1H3,(H,32,37). The number of nitrogens with one attached hydrogen (secondary N) is 1. The minimum Gasteiger partial charge on any atom is -0.330 e. The summed E-state index contributed by atoms with van der Waals surface area (Å²) < 4.78 is 44.2. The van der Waals surface area contributed by atoms with Gasteiger partial charge in [-0.3, -0.25) is 9.48 Å². The van der Waals surface area contributed by atoms with Crippen LogP contribution in [0.3, 0.4) is 0 Å². The van der Waals surface area contributed by atoms with Crippen LogP contribution in [0.15, 0.2) is 85.7 Å². The third kappa shape index (κ3) is 5.25. The number of nitrogens with zero attached hydrogens (tertiary/aromatic N) is 6. The van der Waals surface area contributed by atoms with Crippen molar-refractivity contribution in [2.75, 3.05) is 5.32 Å². The van der Waals surface area contributed by atoms with Gasteiger partial charge in [-0.1, -0.05) is 30.3 Å². The lowest BCUT2D eigenvalue weighted by Gasteiger charge is -2.15. The highest BCUT2D eigenvalue weighted by Crippen LogP contribution is 2.37. The summed E-state index contributed by atoms with van der Waals surface area (Å²) in [7, 11) is 1.61. The van der Waals surface area contributed by atoms with E-state index in [0.29, 0.717) is 23.8 Å². The van der Waals surface area contributed by atoms with Crippen LogP contribution >= 0.6 is 0 Å². The molecule has 0 aliphatic heterocycles. The van der Waals surface area contributed by atoms with Crippen molar-refractivity contribution in [3.63, 3.8) is 0 Å². The summed E-state index contributed by atoms with van der Waals surface area (Å²) in [4.78, 5) is 26.2. The number of benzene rings is 2. The third-order valence-electron chi connectivity index (χ3n) is 5.59. The topological polar surface area (TPSA) is 90.5 Å². The van der Waals surface area contributed by atoms with Crippen molar-refractivity contribution in [3.05, 3.63) is 103 Å². The second kappa shape index (κ2) is 9.69. The van der Waals surface area contributed by atoms with Crippen molar-refractivity contribution >= 4 is 11.6 Å². The van der Waals surface area contributed by atoms with Gasteiger partial charge in [0.1, 0.15) is 5.82 Å². The van der Waals surface area contributed by atoms with E-state index in [1.807, 2.05) is 34.9 Å². The molecule has 0 fully saturated rings. The second-order valence-corrected chi connectivity index (χ2v) is 8.24. The van der Waals surface area contributed by atoms with E-state index in [4.69, 9.17) is 0 Å². The molecule has 186 valence electrons. The zero-order valence-electron chi connectivity index (χ0n) is 19.5. The Morgan fingerprint density at radius 2 is 1.86 bits per heavy atom. The molecular formula is C26H20F3N7O. The number of rotatable bonds is 6. The highest BCUT2D eigenvalue weighted by molar-refractivity contribution is 6.06. The normalized spacial score (nSPS) is 11.5. The number of amides is 1. The number of anilines is 1. The van der Waals surface area contributed by atoms with Crippen molar-refractivity contribution in [2.45, 2.75) is 12.7 Å². The molecule has 1 N–H and O–H groups in total. The molecule has 0 saturated carbocycles. The van der Waals surface area contributed by atoms with E-state index in [9.17, 15) is 18.0 Å². The van der Waals surface area contributed by atoms with Gasteiger partial charge in [0.15, 0.2) is 0 Å². The fraction of sp³-hybridized carbons (Fsp3) is 0.115. The Labute approximate surface area is 209 Å². The maximum atomic E-state index is 13.7. The maximum Gasteiger partial charge on any atom is 0.417 e. The minimum atomic E-state index is -4.61. The van der Waals surface area contributed by atoms with E-state index in [1.165, 1.54) is 29.2 Å². The average Bonchev–Trinajstić information content (AvgIpc) is 3.56. The Morgan fingerprint density at radius 3 is 2.54 bits per heavy atom. The van der Waals surface area contributed by atoms with Crippen molar-refractivity contribution in [2.24, 2.45) is 7.05 Å². The molecule has 5 aromatic rings. The molecule has 1 amide bonds. The number of hydrogen-bond acceptors (Lipinski definition) is 5. The smallest absolute Gasteiger partial charge is 0.330 e. The largest absolute Gasteiger partial charge is 0.417 e. The monoisotopic (exact) mass is 503 g/mol. The SMILES string of the molecule is Cn1ccc(-c2cc(C(=O)Nc3cnc(Cn4ccnc4)nc3-c3ccccc3)ccc2C(F)(F)F)n1. The van der Waals surface area contributed by atoms with Crippen molar-refractivity contribution in [3.8, 4) is 22.5 Å². The van der Waals surface area contributed by atoms with Crippen molar-refractivity contribution in [1.82, 2.24) is 29.3 Å². The Bertz CT molecular complexity index is 1540. The van der Waals surface area contributed by atoms with E-state index >= 15 is 0 Å². The van der Waals surface area contributed by atoms with Crippen LogP contribution in [0.25, 0.3) is 22.5 Å². The first-order chi connectivity index (χ1) is 17.8. The molecule has 37 heavy (non-hydrogen) atoms. The highest BCUT2D eigenvalue weighted by atomic mass is 19.4. The van der Waals surface area contributed by atoms with Gasteiger partial charge < -0.3 is 9.88 Å². The number of carbonyl (C=O) groups excluding carboxylic acids is 1. The van der Waals surface area contributed by atoms with Gasteiger partial charge in [0.25, 0.3) is 5.91 Å². The van der Waals surface area contributed by atoms with E-state index < -0.39 is 17.6 Å². The summed E-state index contributed by atoms with van der Waals surface area (Å²) in [6.07, 6.45) is 3.49. The number of aryl methyl sites for hydroxylation is 1. The van der Waals surface area contributed by atoms with E-state index in [0.717, 1.165) is 17.7 Å². The van der Waals surface area contributed by atoms with Gasteiger partial charge in [-0.2, -0.15) is 18.3 Å². The van der Waals surface area contributed by atoms with Crippen molar-refractivity contribution < 1.29 is 18.0 Å². The molecular weight excluding hydrogens is 483 g/mol. The van der Waals surface area contributed by atoms with Gasteiger partial charge in [0.2, 0.25) is 0 Å². The first-order valence-corrected chi connectivity index (χ1v) is 11.2. The summed E-state index contributed by atoms with van der Waals surface area (Å²) >= 11 is 0. The zero-order valence-corrected chi connectivity index (χ0v) is 19.5. The van der Waals surface area contributed by atoms with Crippen LogP contribution in [0.1, 0.15) is 21.7 Å². The number of carbonyl (C=O) groups is 1. The molecule has 0 spiro atoms. The fourth-order valence-electron chi connectivity index (χ4n) is 3.84. The number of aromatic nitrogens is 6. The van der Waals surface area contributed by atoms with Crippen molar-refractivity contribution in [1.29, 1.82) is 0 Å². The van der Waals surface area contributed by atoms with Gasteiger partial charge in [-0.15, -0.1) is 0 Å². The average molecular weight is 503 g/mol. The molecule has 5 rings (SSSR count). The fourth-order valence-corrected chi connectivity index (χ4v) is 3.84. The van der Waals surface area contributed by atoms with E-state index in [2.05, 4.69) is 25.4 Å². The minimum absolute atomic E-state index is 0.0372. The number of imidazole rings is 1. The third-order valence-corrected chi connectivity index (χ3v) is 5.59. The van der Waals surface area contributed by atoms with E-state index in [-0.39, 0.29) is 16.8 Å². The first-order valence-electron chi connectivity index (χ1n) is 11.2. The molecule has 0 aliphatic carbocycles. The second-order valence-electron chi connectivity index (χ2n) is 8.24. The van der Waals surface area contributed by atoms with Crippen LogP contribution in [-0.4, -0.2) is 35.2 Å². The highest BCUT2D eigenvalue weighted by Gasteiger charge is 2.34. The molecule has 2 aromatic carbocycles. The van der Waals surface area contributed by atoms with Gasteiger partial charge in [0, 0.05) is 42.3 Å². The Hall–Kier alpha value is -4.80. The van der Waals surface area contributed by atoms with E-state index in [1.54, 1.807) is 25.8 Å². The van der Waals surface area contributed by atoms with Crippen LogP contribution in [0.5, 0.6) is 0 Å². The number of hydrogen-bond donors (Lipinski definition) is 1. The lowest BCUT2D eigenvalue weighted by molar-refractivity contribution is -0.137. The quantitative estimate of drug-likeness (QED) is 0.350. The molecule has 3 heterocycles. The molecule has 11 heteroatoms. The molecule has 0 atom stereocenters. The zero-order chi connectivity index (χ0) is 26.0. The molecule has 0 unspecified atom stereocenters. The molecule has 0 saturated heterocycles. The molecule has 0 radical (unpaired) electrons. The van der Waals surface area contributed by atoms with Crippen LogP contribution < -0.4 is 5.32 Å². The summed E-state index contributed by atoms with van der Waals surface area (Å²) in [5, 5.41) is 6.86. The number of halogens is 3. The van der Waals surface area contributed by atoms with Crippen LogP contribution in [0, 0.1) is 0 Å². The summed E-state index contributed by atoms with van der Waals surface area (Å²) in [6, 6.07) is 13.9. The van der Waals surface area contributed by atoms with Gasteiger partial charge in [-0.05, 0) is 24.3 Å². The van der Waals surface area contributed by atoms with Gasteiger partial charge >= 0.3 is 6.18 Å². The summed E-state index contributed by atoms with van der Waals surface area (Å²) in [5.41, 5.74) is 0.641. The number of alkyl halides is 3. The summed E-state index contributed by atoms with van der Waals surface area (Å²) in [5.74, 6) is -0.101. The Morgan fingerprint density at radius 1 is 1.05 bits per heavy atom. The predicted molar refractivity (Wildman–Crippen MR) is 130 cm³/mol. The van der Waals surface area contributed by atoms with Crippen LogP contribution in [0.2, 0.25) is 0 Å². The summed E-state index contributed by atoms with van der Waals surface area (Å²) in [6.45, 7) is 0.375. The molecule has 3 aromatic heterocycles. The van der Waals surface area contributed by atoms with Crippen LogP contribution in [0.4, 0.5) is 18.9 Å².